The highest BCUT2D eigenvalue weighted by Gasteiger charge is 2.23. The SMILES string of the molecule is COc1c(Br)cc(F)c(F)c1C(=O)CCN. The molecule has 0 unspecified atom stereocenters. The Morgan fingerprint density at radius 3 is 2.69 bits per heavy atom. The van der Waals surface area contributed by atoms with Crippen LogP contribution in [0.4, 0.5) is 8.78 Å². The van der Waals surface area contributed by atoms with Crippen LogP contribution < -0.4 is 10.5 Å². The first-order valence-electron chi connectivity index (χ1n) is 4.47. The van der Waals surface area contributed by atoms with Crippen molar-refractivity contribution in [3.05, 3.63) is 27.7 Å². The highest BCUT2D eigenvalue weighted by molar-refractivity contribution is 9.10. The Morgan fingerprint density at radius 1 is 1.56 bits per heavy atom. The Morgan fingerprint density at radius 2 is 2.19 bits per heavy atom. The van der Waals surface area contributed by atoms with Gasteiger partial charge in [0.25, 0.3) is 0 Å². The molecule has 0 bridgehead atoms. The molecule has 0 aliphatic carbocycles. The van der Waals surface area contributed by atoms with E-state index in [-0.39, 0.29) is 23.2 Å². The van der Waals surface area contributed by atoms with Gasteiger partial charge >= 0.3 is 0 Å². The Hall–Kier alpha value is -1.01. The van der Waals surface area contributed by atoms with E-state index in [0.29, 0.717) is 0 Å². The van der Waals surface area contributed by atoms with Crippen molar-refractivity contribution < 1.29 is 18.3 Å². The van der Waals surface area contributed by atoms with Crippen LogP contribution in [0.3, 0.4) is 0 Å². The van der Waals surface area contributed by atoms with Crippen molar-refractivity contribution in [1.82, 2.24) is 0 Å². The van der Waals surface area contributed by atoms with E-state index in [2.05, 4.69) is 15.9 Å². The fourth-order valence-corrected chi connectivity index (χ4v) is 1.84. The summed E-state index contributed by atoms with van der Waals surface area (Å²) in [5.41, 5.74) is 4.79. The summed E-state index contributed by atoms with van der Waals surface area (Å²) in [4.78, 5) is 11.6. The zero-order valence-corrected chi connectivity index (χ0v) is 10.1. The largest absolute Gasteiger partial charge is 0.495 e. The lowest BCUT2D eigenvalue weighted by molar-refractivity contribution is 0.0977. The summed E-state index contributed by atoms with van der Waals surface area (Å²) >= 11 is 3.00. The second-order valence-corrected chi connectivity index (χ2v) is 3.88. The third kappa shape index (κ3) is 2.38. The Balaban J connectivity index is 3.38. The van der Waals surface area contributed by atoms with E-state index in [9.17, 15) is 13.6 Å². The van der Waals surface area contributed by atoms with Crippen LogP contribution in [0.5, 0.6) is 5.75 Å². The zero-order chi connectivity index (χ0) is 12.3. The number of benzene rings is 1. The fourth-order valence-electron chi connectivity index (χ4n) is 1.28. The number of ketones is 1. The van der Waals surface area contributed by atoms with Crippen molar-refractivity contribution in [3.8, 4) is 5.75 Å². The third-order valence-corrected chi connectivity index (χ3v) is 2.57. The normalized spacial score (nSPS) is 10.3. The van der Waals surface area contributed by atoms with E-state index in [1.807, 2.05) is 0 Å². The lowest BCUT2D eigenvalue weighted by Crippen LogP contribution is -2.12. The van der Waals surface area contributed by atoms with Gasteiger partial charge in [0.05, 0.1) is 17.1 Å². The van der Waals surface area contributed by atoms with Crippen molar-refractivity contribution in [2.45, 2.75) is 6.42 Å². The minimum atomic E-state index is -1.21. The molecule has 0 amide bonds. The molecule has 0 aromatic heterocycles. The maximum absolute atomic E-state index is 13.5. The summed E-state index contributed by atoms with van der Waals surface area (Å²) in [5.74, 6) is -2.92. The van der Waals surface area contributed by atoms with Gasteiger partial charge in [0, 0.05) is 6.42 Å². The zero-order valence-electron chi connectivity index (χ0n) is 8.52. The highest BCUT2D eigenvalue weighted by Crippen LogP contribution is 2.33. The molecule has 0 radical (unpaired) electrons. The van der Waals surface area contributed by atoms with Crippen molar-refractivity contribution in [2.24, 2.45) is 5.73 Å². The first-order valence-corrected chi connectivity index (χ1v) is 5.27. The molecule has 0 fully saturated rings. The molecule has 16 heavy (non-hydrogen) atoms. The number of methoxy groups -OCH3 is 1. The van der Waals surface area contributed by atoms with E-state index < -0.39 is 23.0 Å². The molecule has 2 N–H and O–H groups in total. The molecule has 88 valence electrons. The predicted molar refractivity (Wildman–Crippen MR) is 58.6 cm³/mol. The molecule has 1 aromatic carbocycles. The number of ether oxygens (including phenoxy) is 1. The summed E-state index contributed by atoms with van der Waals surface area (Å²) in [7, 11) is 1.27. The van der Waals surface area contributed by atoms with Crippen molar-refractivity contribution in [1.29, 1.82) is 0 Å². The van der Waals surface area contributed by atoms with Crippen LogP contribution in [0.1, 0.15) is 16.8 Å². The van der Waals surface area contributed by atoms with Crippen LogP contribution in [0, 0.1) is 11.6 Å². The van der Waals surface area contributed by atoms with Gasteiger partial charge in [-0.15, -0.1) is 0 Å². The average molecular weight is 294 g/mol. The third-order valence-electron chi connectivity index (χ3n) is 1.98. The van der Waals surface area contributed by atoms with E-state index in [4.69, 9.17) is 10.5 Å². The number of nitrogens with two attached hydrogens (primary N) is 1. The van der Waals surface area contributed by atoms with Crippen LogP contribution in [0.15, 0.2) is 10.5 Å². The number of halogens is 3. The van der Waals surface area contributed by atoms with Crippen LogP contribution in [0.25, 0.3) is 0 Å². The molecule has 3 nitrogen and oxygen atoms in total. The number of hydrogen-bond donors (Lipinski definition) is 1. The summed E-state index contributed by atoms with van der Waals surface area (Å²) < 4.78 is 31.6. The summed E-state index contributed by atoms with van der Waals surface area (Å²) in [6.07, 6.45) is -0.0663. The van der Waals surface area contributed by atoms with Gasteiger partial charge in [-0.05, 0) is 28.5 Å². The lowest BCUT2D eigenvalue weighted by atomic mass is 10.1. The first-order chi connectivity index (χ1) is 7.52. The van der Waals surface area contributed by atoms with Gasteiger partial charge < -0.3 is 10.5 Å². The van der Waals surface area contributed by atoms with Gasteiger partial charge in [-0.3, -0.25) is 4.79 Å². The van der Waals surface area contributed by atoms with Gasteiger partial charge in [0.1, 0.15) is 5.75 Å². The van der Waals surface area contributed by atoms with Gasteiger partial charge in [-0.1, -0.05) is 0 Å². The topological polar surface area (TPSA) is 52.3 Å². The van der Waals surface area contributed by atoms with Gasteiger partial charge in [0.2, 0.25) is 0 Å². The monoisotopic (exact) mass is 293 g/mol. The molecule has 0 saturated heterocycles. The van der Waals surface area contributed by atoms with E-state index in [1.165, 1.54) is 7.11 Å². The summed E-state index contributed by atoms with van der Waals surface area (Å²) in [5, 5.41) is 0. The molecule has 0 atom stereocenters. The molecule has 0 saturated carbocycles. The molecular weight excluding hydrogens is 284 g/mol. The molecule has 1 rings (SSSR count). The van der Waals surface area contributed by atoms with E-state index in [0.717, 1.165) is 6.07 Å². The number of carbonyl (C=O) groups excluding carboxylic acids is 1. The second kappa shape index (κ2) is 5.36. The molecular formula is C10H10BrF2NO2. The van der Waals surface area contributed by atoms with Gasteiger partial charge in [-0.2, -0.15) is 0 Å². The maximum Gasteiger partial charge on any atom is 0.173 e. The number of Topliss-reactive ketones (excluding diaryl/α,β-unsaturated/α-hetero) is 1. The number of hydrogen-bond acceptors (Lipinski definition) is 3. The molecule has 6 heteroatoms. The molecule has 0 aliphatic heterocycles. The quantitative estimate of drug-likeness (QED) is 0.684. The van der Waals surface area contributed by atoms with Crippen LogP contribution in [0.2, 0.25) is 0 Å². The Bertz CT molecular complexity index is 424. The smallest absolute Gasteiger partial charge is 0.173 e. The van der Waals surface area contributed by atoms with Crippen LogP contribution in [-0.4, -0.2) is 19.4 Å². The van der Waals surface area contributed by atoms with Gasteiger partial charge in [0.15, 0.2) is 17.4 Å². The summed E-state index contributed by atoms with van der Waals surface area (Å²) in [6, 6.07) is 0.910. The molecule has 0 spiro atoms. The van der Waals surface area contributed by atoms with Crippen molar-refractivity contribution >= 4 is 21.7 Å². The first kappa shape index (κ1) is 13.1. The standard InChI is InChI=1S/C10H10BrF2NO2/c1-16-10-5(11)4-6(12)9(13)8(10)7(15)2-3-14/h4H,2-3,14H2,1H3. The second-order valence-electron chi connectivity index (χ2n) is 3.02. The Kier molecular flexibility index (Phi) is 4.37. The Labute approximate surface area is 99.7 Å². The van der Waals surface area contributed by atoms with Gasteiger partial charge in [-0.25, -0.2) is 8.78 Å². The highest BCUT2D eigenvalue weighted by atomic mass is 79.9. The lowest BCUT2D eigenvalue weighted by Gasteiger charge is -2.10. The number of rotatable bonds is 4. The van der Waals surface area contributed by atoms with E-state index >= 15 is 0 Å². The molecule has 0 aliphatic rings. The fraction of sp³-hybridized carbons (Fsp3) is 0.300. The minimum Gasteiger partial charge on any atom is -0.495 e. The van der Waals surface area contributed by atoms with Crippen molar-refractivity contribution in [3.63, 3.8) is 0 Å². The van der Waals surface area contributed by atoms with Crippen molar-refractivity contribution in [2.75, 3.05) is 13.7 Å². The van der Waals surface area contributed by atoms with Crippen LogP contribution in [-0.2, 0) is 0 Å². The minimum absolute atomic E-state index is 0.0163. The maximum atomic E-state index is 13.5. The predicted octanol–water partition coefficient (Wildman–Crippen LogP) is 2.27. The number of carbonyl (C=O) groups is 1. The summed E-state index contributed by atoms with van der Waals surface area (Å²) in [6.45, 7) is 0.0650. The van der Waals surface area contributed by atoms with E-state index in [1.54, 1.807) is 0 Å². The van der Waals surface area contributed by atoms with Crippen LogP contribution >= 0.6 is 15.9 Å². The molecule has 1 aromatic rings. The average Bonchev–Trinajstić information content (AvgIpc) is 2.23. The molecule has 0 heterocycles.